The van der Waals surface area contributed by atoms with Gasteiger partial charge in [0.05, 0.1) is 11.8 Å². The molecule has 2 amide bonds. The summed E-state index contributed by atoms with van der Waals surface area (Å²) >= 11 is 0. The third-order valence-corrected chi connectivity index (χ3v) is 5.40. The van der Waals surface area contributed by atoms with Gasteiger partial charge in [0.25, 0.3) is 11.8 Å². The summed E-state index contributed by atoms with van der Waals surface area (Å²) in [7, 11) is -3.30. The number of sulfonamides is 1. The third kappa shape index (κ3) is 4.40. The molecule has 1 aromatic heterocycles. The van der Waals surface area contributed by atoms with Crippen molar-refractivity contribution in [3.05, 3.63) is 23.5 Å². The number of carbonyl (C=O) groups is 2. The number of nitrogens with zero attached hydrogens (tertiary/aromatic N) is 2. The van der Waals surface area contributed by atoms with Crippen LogP contribution in [0.1, 0.15) is 46.5 Å². The lowest BCUT2D eigenvalue weighted by Crippen LogP contribution is -2.49. The number of hydrogen-bond donors (Lipinski definition) is 2. The highest BCUT2D eigenvalue weighted by molar-refractivity contribution is 7.88. The summed E-state index contributed by atoms with van der Waals surface area (Å²) in [6.07, 6.45) is 6.16. The van der Waals surface area contributed by atoms with E-state index in [4.69, 9.17) is 0 Å². The first-order chi connectivity index (χ1) is 11.8. The van der Waals surface area contributed by atoms with Gasteiger partial charge in [0, 0.05) is 38.4 Å². The zero-order chi connectivity index (χ0) is 18.0. The van der Waals surface area contributed by atoms with Crippen molar-refractivity contribution in [2.24, 2.45) is 0 Å². The van der Waals surface area contributed by atoms with Crippen molar-refractivity contribution in [1.29, 1.82) is 0 Å². The molecule has 1 aromatic rings. The Morgan fingerprint density at radius 2 is 1.80 bits per heavy atom. The minimum atomic E-state index is -3.30. The highest BCUT2D eigenvalue weighted by Crippen LogP contribution is 2.17. The van der Waals surface area contributed by atoms with E-state index in [9.17, 15) is 18.0 Å². The Morgan fingerprint density at radius 1 is 1.12 bits per heavy atom. The molecule has 138 valence electrons. The van der Waals surface area contributed by atoms with Crippen molar-refractivity contribution in [1.82, 2.24) is 19.5 Å². The molecule has 2 aliphatic rings. The quantitative estimate of drug-likeness (QED) is 0.803. The maximum Gasteiger partial charge on any atom is 0.270 e. The molecule has 0 unspecified atom stereocenters. The fourth-order valence-corrected chi connectivity index (χ4v) is 4.27. The van der Waals surface area contributed by atoms with E-state index in [0.29, 0.717) is 30.8 Å². The number of H-pyrrole nitrogens is 1. The SMILES string of the molecule is CS(=O)(=O)N[C@H]1CCCN(C(=O)c2c[nH]c(C(=O)N3CCCC3)c2)C1. The van der Waals surface area contributed by atoms with Crippen molar-refractivity contribution < 1.29 is 18.0 Å². The zero-order valence-corrected chi connectivity index (χ0v) is 15.1. The second kappa shape index (κ2) is 7.17. The van der Waals surface area contributed by atoms with Crippen molar-refractivity contribution in [3.8, 4) is 0 Å². The number of aromatic amines is 1. The first-order valence-electron chi connectivity index (χ1n) is 8.58. The van der Waals surface area contributed by atoms with Crippen LogP contribution in [0.4, 0.5) is 0 Å². The average molecular weight is 368 g/mol. The molecule has 2 N–H and O–H groups in total. The van der Waals surface area contributed by atoms with Crippen molar-refractivity contribution in [3.63, 3.8) is 0 Å². The lowest BCUT2D eigenvalue weighted by molar-refractivity contribution is 0.0703. The van der Waals surface area contributed by atoms with Crippen LogP contribution < -0.4 is 4.72 Å². The number of nitrogens with one attached hydrogen (secondary N) is 2. The largest absolute Gasteiger partial charge is 0.356 e. The molecule has 3 rings (SSSR count). The van der Waals surface area contributed by atoms with Crippen LogP contribution in [-0.4, -0.2) is 73.5 Å². The fraction of sp³-hybridized carbons (Fsp3) is 0.625. The monoisotopic (exact) mass is 368 g/mol. The molecular formula is C16H24N4O4S. The maximum atomic E-state index is 12.7. The Labute approximate surface area is 147 Å². The Hall–Kier alpha value is -1.87. The summed E-state index contributed by atoms with van der Waals surface area (Å²) < 4.78 is 25.3. The molecule has 3 heterocycles. The van der Waals surface area contributed by atoms with E-state index >= 15 is 0 Å². The minimum absolute atomic E-state index is 0.0770. The highest BCUT2D eigenvalue weighted by Gasteiger charge is 2.28. The number of likely N-dealkylation sites (tertiary alicyclic amines) is 2. The van der Waals surface area contributed by atoms with Gasteiger partial charge < -0.3 is 14.8 Å². The first kappa shape index (κ1) is 17.9. The molecule has 0 saturated carbocycles. The van der Waals surface area contributed by atoms with Gasteiger partial charge in [-0.05, 0) is 31.7 Å². The van der Waals surface area contributed by atoms with Gasteiger partial charge in [-0.25, -0.2) is 13.1 Å². The van der Waals surface area contributed by atoms with Crippen molar-refractivity contribution in [2.75, 3.05) is 32.4 Å². The van der Waals surface area contributed by atoms with Crippen molar-refractivity contribution >= 4 is 21.8 Å². The molecule has 1 atom stereocenters. The van der Waals surface area contributed by atoms with Crippen LogP contribution in [0.3, 0.4) is 0 Å². The predicted molar refractivity (Wildman–Crippen MR) is 92.8 cm³/mol. The zero-order valence-electron chi connectivity index (χ0n) is 14.3. The van der Waals surface area contributed by atoms with Gasteiger partial charge in [0.15, 0.2) is 0 Å². The standard InChI is InChI=1S/C16H24N4O4S/c1-25(23,24)18-13-5-4-8-20(11-13)15(21)12-9-14(17-10-12)16(22)19-6-2-3-7-19/h9-10,13,17-18H,2-8,11H2,1H3/t13-/m0/s1. The van der Waals surface area contributed by atoms with Gasteiger partial charge in [-0.15, -0.1) is 0 Å². The molecule has 0 radical (unpaired) electrons. The van der Waals surface area contributed by atoms with E-state index in [2.05, 4.69) is 9.71 Å². The van der Waals surface area contributed by atoms with Gasteiger partial charge in [-0.1, -0.05) is 0 Å². The number of hydrogen-bond acceptors (Lipinski definition) is 4. The smallest absolute Gasteiger partial charge is 0.270 e. The average Bonchev–Trinajstić information content (AvgIpc) is 3.24. The first-order valence-corrected chi connectivity index (χ1v) is 10.5. The van der Waals surface area contributed by atoms with Crippen LogP contribution in [0.25, 0.3) is 0 Å². The van der Waals surface area contributed by atoms with E-state index in [1.54, 1.807) is 22.1 Å². The van der Waals surface area contributed by atoms with E-state index in [1.807, 2.05) is 0 Å². The van der Waals surface area contributed by atoms with E-state index in [-0.39, 0.29) is 17.9 Å². The number of rotatable bonds is 4. The second-order valence-electron chi connectivity index (χ2n) is 6.78. The van der Waals surface area contributed by atoms with Gasteiger partial charge in [0.1, 0.15) is 5.69 Å². The molecule has 0 spiro atoms. The molecular weight excluding hydrogens is 344 g/mol. The van der Waals surface area contributed by atoms with Gasteiger partial charge in [-0.3, -0.25) is 9.59 Å². The molecule has 25 heavy (non-hydrogen) atoms. The van der Waals surface area contributed by atoms with Crippen LogP contribution in [0.5, 0.6) is 0 Å². The fourth-order valence-electron chi connectivity index (χ4n) is 3.47. The third-order valence-electron chi connectivity index (χ3n) is 4.64. The number of piperidine rings is 1. The molecule has 8 nitrogen and oxygen atoms in total. The van der Waals surface area contributed by atoms with Crippen molar-refractivity contribution in [2.45, 2.75) is 31.7 Å². The molecule has 0 bridgehead atoms. The summed E-state index contributed by atoms with van der Waals surface area (Å²) in [5, 5.41) is 0. The number of amides is 2. The van der Waals surface area contributed by atoms with Gasteiger partial charge in [0.2, 0.25) is 10.0 Å². The topological polar surface area (TPSA) is 103 Å². The molecule has 2 aliphatic heterocycles. The highest BCUT2D eigenvalue weighted by atomic mass is 32.2. The Morgan fingerprint density at radius 3 is 2.48 bits per heavy atom. The van der Waals surface area contributed by atoms with Gasteiger partial charge in [-0.2, -0.15) is 0 Å². The number of aromatic nitrogens is 1. The molecule has 9 heteroatoms. The van der Waals surface area contributed by atoms with Crippen LogP contribution in [-0.2, 0) is 10.0 Å². The van der Waals surface area contributed by atoms with Gasteiger partial charge >= 0.3 is 0 Å². The lowest BCUT2D eigenvalue weighted by atomic mass is 10.1. The molecule has 0 aromatic carbocycles. The van der Waals surface area contributed by atoms with Crippen LogP contribution in [0.2, 0.25) is 0 Å². The predicted octanol–water partition coefficient (Wildman–Crippen LogP) is 0.405. The Bertz CT molecular complexity index is 752. The van der Waals surface area contributed by atoms with Crippen LogP contribution >= 0.6 is 0 Å². The summed E-state index contributed by atoms with van der Waals surface area (Å²) in [4.78, 5) is 31.4. The van der Waals surface area contributed by atoms with E-state index in [1.165, 1.54) is 0 Å². The normalized spacial score (nSPS) is 21.6. The second-order valence-corrected chi connectivity index (χ2v) is 8.56. The van der Waals surface area contributed by atoms with E-state index < -0.39 is 10.0 Å². The number of carbonyl (C=O) groups excluding carboxylic acids is 2. The lowest BCUT2D eigenvalue weighted by Gasteiger charge is -2.32. The summed E-state index contributed by atoms with van der Waals surface area (Å²) in [5.74, 6) is -0.261. The Balaban J connectivity index is 1.65. The van der Waals surface area contributed by atoms with E-state index in [0.717, 1.165) is 38.6 Å². The molecule has 2 saturated heterocycles. The summed E-state index contributed by atoms with van der Waals surface area (Å²) in [5.41, 5.74) is 0.857. The summed E-state index contributed by atoms with van der Waals surface area (Å²) in [6, 6.07) is 1.33. The molecule has 0 aliphatic carbocycles. The maximum absolute atomic E-state index is 12.7. The Kier molecular flexibility index (Phi) is 5.14. The minimum Gasteiger partial charge on any atom is -0.356 e. The molecule has 2 fully saturated rings. The summed E-state index contributed by atoms with van der Waals surface area (Å²) in [6.45, 7) is 2.44. The van der Waals surface area contributed by atoms with Crippen LogP contribution in [0, 0.1) is 0 Å². The van der Waals surface area contributed by atoms with Crippen LogP contribution in [0.15, 0.2) is 12.3 Å².